The number of nitrogens with zero attached hydrogens (tertiary/aromatic N) is 1. The van der Waals surface area contributed by atoms with Crippen LogP contribution in [0.1, 0.15) is 50.8 Å². The fourth-order valence-corrected chi connectivity index (χ4v) is 2.54. The molecule has 1 fully saturated rings. The third-order valence-corrected chi connectivity index (χ3v) is 3.35. The molecule has 0 radical (unpaired) electrons. The highest BCUT2D eigenvalue weighted by atomic mass is 15.2. The number of H-pyrrole nitrogens is 1. The summed E-state index contributed by atoms with van der Waals surface area (Å²) in [6.45, 7) is 6.72. The maximum absolute atomic E-state index is 5.82. The number of nitrogens with two attached hydrogens (primary N) is 1. The molecular weight excluding hydrogens is 186 g/mol. The molecule has 3 nitrogen and oxygen atoms in total. The zero-order valence-electron chi connectivity index (χ0n) is 9.88. The number of aromatic nitrogens is 2. The Morgan fingerprint density at radius 3 is 2.87 bits per heavy atom. The Hall–Kier alpha value is -0.990. The number of rotatable bonds is 4. The number of hydrogen-bond donors (Lipinski definition) is 2. The first-order valence-electron chi connectivity index (χ1n) is 5.96. The van der Waals surface area contributed by atoms with Gasteiger partial charge < -0.3 is 5.73 Å². The van der Waals surface area contributed by atoms with E-state index in [0.29, 0.717) is 11.7 Å². The standard InChI is InChI=1S/C12H21N3/c1-4-9-11(14-15-12(9)13)10-6-8(10)5-7(2)3/h7-8,10H,4-6H2,1-3H3,(H3,13,14,15)/t8-,10-/m1/s1. The zero-order chi connectivity index (χ0) is 11.0. The third-order valence-electron chi connectivity index (χ3n) is 3.35. The van der Waals surface area contributed by atoms with E-state index in [9.17, 15) is 0 Å². The molecule has 3 N–H and O–H groups in total. The summed E-state index contributed by atoms with van der Waals surface area (Å²) in [5.74, 6) is 3.05. The zero-order valence-corrected chi connectivity index (χ0v) is 9.88. The van der Waals surface area contributed by atoms with Crippen molar-refractivity contribution in [2.45, 2.75) is 46.0 Å². The lowest BCUT2D eigenvalue weighted by Crippen LogP contribution is -1.95. The summed E-state index contributed by atoms with van der Waals surface area (Å²) in [5.41, 5.74) is 8.37. The van der Waals surface area contributed by atoms with Crippen molar-refractivity contribution in [3.8, 4) is 0 Å². The van der Waals surface area contributed by atoms with Crippen molar-refractivity contribution < 1.29 is 0 Å². The van der Waals surface area contributed by atoms with Gasteiger partial charge in [0.25, 0.3) is 0 Å². The van der Waals surface area contributed by atoms with Gasteiger partial charge in [-0.3, -0.25) is 5.10 Å². The Labute approximate surface area is 91.4 Å². The number of nitrogen functional groups attached to an aromatic ring is 1. The molecule has 0 aliphatic heterocycles. The lowest BCUT2D eigenvalue weighted by atomic mass is 10.0. The van der Waals surface area contributed by atoms with Gasteiger partial charge in [-0.1, -0.05) is 20.8 Å². The monoisotopic (exact) mass is 207 g/mol. The molecule has 1 aromatic heterocycles. The molecule has 3 heteroatoms. The van der Waals surface area contributed by atoms with Crippen molar-refractivity contribution in [1.82, 2.24) is 10.2 Å². The lowest BCUT2D eigenvalue weighted by Gasteiger charge is -2.03. The van der Waals surface area contributed by atoms with Crippen molar-refractivity contribution in [1.29, 1.82) is 0 Å². The van der Waals surface area contributed by atoms with Crippen molar-refractivity contribution in [2.75, 3.05) is 5.73 Å². The number of anilines is 1. The molecule has 0 bridgehead atoms. The Balaban J connectivity index is 2.06. The summed E-state index contributed by atoms with van der Waals surface area (Å²) < 4.78 is 0. The van der Waals surface area contributed by atoms with Gasteiger partial charge in [0, 0.05) is 17.2 Å². The van der Waals surface area contributed by atoms with Gasteiger partial charge in [0.15, 0.2) is 0 Å². The van der Waals surface area contributed by atoms with E-state index in [1.165, 1.54) is 24.1 Å². The predicted molar refractivity (Wildman–Crippen MR) is 62.7 cm³/mol. The van der Waals surface area contributed by atoms with Crippen LogP contribution in [0.2, 0.25) is 0 Å². The van der Waals surface area contributed by atoms with Gasteiger partial charge in [0.2, 0.25) is 0 Å². The maximum atomic E-state index is 5.82. The molecule has 1 aromatic rings. The Morgan fingerprint density at radius 1 is 1.53 bits per heavy atom. The van der Waals surface area contributed by atoms with Gasteiger partial charge in [-0.05, 0) is 31.1 Å². The Kier molecular flexibility index (Phi) is 2.72. The van der Waals surface area contributed by atoms with Gasteiger partial charge in [-0.2, -0.15) is 5.10 Å². The van der Waals surface area contributed by atoms with E-state index in [2.05, 4.69) is 31.0 Å². The molecule has 2 rings (SSSR count). The predicted octanol–water partition coefficient (Wildman–Crippen LogP) is 2.70. The minimum atomic E-state index is 0.697. The van der Waals surface area contributed by atoms with E-state index in [1.54, 1.807) is 0 Å². The summed E-state index contributed by atoms with van der Waals surface area (Å²) in [5, 5.41) is 7.23. The second kappa shape index (κ2) is 3.87. The largest absolute Gasteiger partial charge is 0.382 e. The first kappa shape index (κ1) is 10.5. The van der Waals surface area contributed by atoms with Crippen LogP contribution in [-0.2, 0) is 6.42 Å². The number of aromatic amines is 1. The minimum Gasteiger partial charge on any atom is -0.382 e. The quantitative estimate of drug-likeness (QED) is 0.797. The lowest BCUT2D eigenvalue weighted by molar-refractivity contribution is 0.530. The Morgan fingerprint density at radius 2 is 2.27 bits per heavy atom. The SMILES string of the molecule is CCc1c(N)n[nH]c1[C@@H]1C[C@H]1CC(C)C. The molecule has 0 spiro atoms. The summed E-state index contributed by atoms with van der Waals surface area (Å²) >= 11 is 0. The highest BCUT2D eigenvalue weighted by molar-refractivity contribution is 5.44. The van der Waals surface area contributed by atoms with E-state index in [1.807, 2.05) is 0 Å². The van der Waals surface area contributed by atoms with Crippen molar-refractivity contribution in [2.24, 2.45) is 11.8 Å². The average molecular weight is 207 g/mol. The Bertz CT molecular complexity index is 341. The van der Waals surface area contributed by atoms with Crippen LogP contribution in [0.3, 0.4) is 0 Å². The van der Waals surface area contributed by atoms with Crippen LogP contribution in [0.15, 0.2) is 0 Å². The second-order valence-corrected chi connectivity index (χ2v) is 5.09. The maximum Gasteiger partial charge on any atom is 0.148 e. The van der Waals surface area contributed by atoms with Crippen LogP contribution in [0, 0.1) is 11.8 Å². The average Bonchev–Trinajstić information content (AvgIpc) is 2.79. The molecule has 1 aliphatic carbocycles. The summed E-state index contributed by atoms with van der Waals surface area (Å²) in [7, 11) is 0. The smallest absolute Gasteiger partial charge is 0.148 e. The van der Waals surface area contributed by atoms with E-state index in [4.69, 9.17) is 5.73 Å². The first-order chi connectivity index (χ1) is 7.13. The fraction of sp³-hybridized carbons (Fsp3) is 0.750. The van der Waals surface area contributed by atoms with E-state index in [-0.39, 0.29) is 0 Å². The van der Waals surface area contributed by atoms with Crippen molar-refractivity contribution >= 4 is 5.82 Å². The van der Waals surface area contributed by atoms with E-state index in [0.717, 1.165) is 18.3 Å². The number of hydrogen-bond acceptors (Lipinski definition) is 2. The summed E-state index contributed by atoms with van der Waals surface area (Å²) in [4.78, 5) is 0. The summed E-state index contributed by atoms with van der Waals surface area (Å²) in [6.07, 6.45) is 3.63. The van der Waals surface area contributed by atoms with Crippen LogP contribution in [0.4, 0.5) is 5.82 Å². The fourth-order valence-electron chi connectivity index (χ4n) is 2.54. The normalized spacial score (nSPS) is 24.8. The molecule has 84 valence electrons. The highest BCUT2D eigenvalue weighted by Crippen LogP contribution is 2.51. The van der Waals surface area contributed by atoms with Crippen LogP contribution in [0.5, 0.6) is 0 Å². The van der Waals surface area contributed by atoms with Crippen molar-refractivity contribution in [3.63, 3.8) is 0 Å². The summed E-state index contributed by atoms with van der Waals surface area (Å²) in [6, 6.07) is 0. The highest BCUT2D eigenvalue weighted by Gasteiger charge is 2.40. The molecule has 0 amide bonds. The minimum absolute atomic E-state index is 0.697. The van der Waals surface area contributed by atoms with Crippen LogP contribution < -0.4 is 5.73 Å². The third kappa shape index (κ3) is 2.01. The molecule has 0 saturated heterocycles. The molecular formula is C12H21N3. The first-order valence-corrected chi connectivity index (χ1v) is 5.96. The molecule has 1 heterocycles. The molecule has 2 atom stereocenters. The second-order valence-electron chi connectivity index (χ2n) is 5.09. The molecule has 1 aliphatic rings. The van der Waals surface area contributed by atoms with Crippen molar-refractivity contribution in [3.05, 3.63) is 11.3 Å². The molecule has 0 aromatic carbocycles. The van der Waals surface area contributed by atoms with Gasteiger partial charge in [0.1, 0.15) is 5.82 Å². The van der Waals surface area contributed by atoms with Gasteiger partial charge in [-0.25, -0.2) is 0 Å². The van der Waals surface area contributed by atoms with Crippen LogP contribution >= 0.6 is 0 Å². The van der Waals surface area contributed by atoms with Gasteiger partial charge >= 0.3 is 0 Å². The van der Waals surface area contributed by atoms with Gasteiger partial charge in [0.05, 0.1) is 0 Å². The molecule has 0 unspecified atom stereocenters. The van der Waals surface area contributed by atoms with Crippen LogP contribution in [0.25, 0.3) is 0 Å². The molecule has 1 saturated carbocycles. The molecule has 15 heavy (non-hydrogen) atoms. The number of nitrogens with one attached hydrogen (secondary N) is 1. The van der Waals surface area contributed by atoms with E-state index < -0.39 is 0 Å². The van der Waals surface area contributed by atoms with Gasteiger partial charge in [-0.15, -0.1) is 0 Å². The van der Waals surface area contributed by atoms with Crippen LogP contribution in [-0.4, -0.2) is 10.2 Å². The topological polar surface area (TPSA) is 54.7 Å². The van der Waals surface area contributed by atoms with E-state index >= 15 is 0 Å².